The Morgan fingerprint density at radius 2 is 1.96 bits per heavy atom. The van der Waals surface area contributed by atoms with E-state index >= 15 is 0 Å². The highest BCUT2D eigenvalue weighted by Crippen LogP contribution is 2.41. The smallest absolute Gasteiger partial charge is 0.233 e. The van der Waals surface area contributed by atoms with Crippen LogP contribution in [0.4, 0.5) is 0 Å². The van der Waals surface area contributed by atoms with Crippen molar-refractivity contribution in [2.45, 2.75) is 56.1 Å². The molecule has 2 heterocycles. The van der Waals surface area contributed by atoms with Gasteiger partial charge in [0.25, 0.3) is 0 Å². The number of hydrogen-bond acceptors (Lipinski definition) is 5. The zero-order valence-corrected chi connectivity index (χ0v) is 14.4. The first-order chi connectivity index (χ1) is 11.1. The molecule has 0 saturated heterocycles. The van der Waals surface area contributed by atoms with Gasteiger partial charge in [0.05, 0.1) is 5.25 Å². The molecular weight excluding hydrogens is 310 g/mol. The van der Waals surface area contributed by atoms with Crippen LogP contribution in [0.25, 0.3) is 11.4 Å². The van der Waals surface area contributed by atoms with Gasteiger partial charge in [-0.05, 0) is 45.7 Å². The molecule has 0 bridgehead atoms. The van der Waals surface area contributed by atoms with Crippen molar-refractivity contribution >= 4 is 17.7 Å². The molecule has 1 saturated carbocycles. The Balaban J connectivity index is 1.83. The van der Waals surface area contributed by atoms with Crippen LogP contribution < -0.4 is 5.32 Å². The SMILES string of the molecule is CC(C)NC(=O)[C@H](C)Sc1nnc(-c2ccncc2)n1C1CC1. The molecule has 2 aromatic rings. The normalized spacial score (nSPS) is 15.7. The molecule has 0 unspecified atom stereocenters. The van der Waals surface area contributed by atoms with Crippen LogP contribution in [-0.2, 0) is 4.79 Å². The number of carbonyl (C=O) groups is 1. The number of carbonyl (C=O) groups excluding carboxylic acids is 1. The minimum atomic E-state index is -0.204. The molecule has 1 N–H and O–H groups in total. The number of aromatic nitrogens is 4. The van der Waals surface area contributed by atoms with Crippen molar-refractivity contribution < 1.29 is 4.79 Å². The van der Waals surface area contributed by atoms with E-state index in [0.29, 0.717) is 6.04 Å². The molecular formula is C16H21N5OS. The van der Waals surface area contributed by atoms with Crippen molar-refractivity contribution in [3.8, 4) is 11.4 Å². The molecule has 1 fully saturated rings. The van der Waals surface area contributed by atoms with E-state index in [1.807, 2.05) is 32.9 Å². The van der Waals surface area contributed by atoms with Crippen molar-refractivity contribution in [3.63, 3.8) is 0 Å². The molecule has 0 aromatic carbocycles. The summed E-state index contributed by atoms with van der Waals surface area (Å²) in [6, 6.07) is 4.45. The summed E-state index contributed by atoms with van der Waals surface area (Å²) in [5.74, 6) is 0.884. The van der Waals surface area contributed by atoms with Crippen molar-refractivity contribution in [2.75, 3.05) is 0 Å². The predicted octanol–water partition coefficient (Wildman–Crippen LogP) is 2.68. The van der Waals surface area contributed by atoms with E-state index in [-0.39, 0.29) is 17.2 Å². The summed E-state index contributed by atoms with van der Waals surface area (Å²) in [6.07, 6.45) is 5.78. The number of nitrogens with zero attached hydrogens (tertiary/aromatic N) is 4. The lowest BCUT2D eigenvalue weighted by Crippen LogP contribution is -2.36. The van der Waals surface area contributed by atoms with Crippen LogP contribution in [-0.4, -0.2) is 36.9 Å². The molecule has 1 aliphatic carbocycles. The van der Waals surface area contributed by atoms with Crippen LogP contribution >= 0.6 is 11.8 Å². The Hall–Kier alpha value is -1.89. The summed E-state index contributed by atoms with van der Waals surface area (Å²) in [6.45, 7) is 5.83. The third-order valence-corrected chi connectivity index (χ3v) is 4.65. The van der Waals surface area contributed by atoms with Gasteiger partial charge in [0.1, 0.15) is 0 Å². The first kappa shape index (κ1) is 16.0. The fourth-order valence-corrected chi connectivity index (χ4v) is 3.26. The maximum atomic E-state index is 12.1. The molecule has 1 atom stereocenters. The number of rotatable bonds is 6. The second kappa shape index (κ2) is 6.70. The Labute approximate surface area is 140 Å². The predicted molar refractivity (Wildman–Crippen MR) is 90.1 cm³/mol. The van der Waals surface area contributed by atoms with Gasteiger partial charge in [-0.2, -0.15) is 0 Å². The Kier molecular flexibility index (Phi) is 4.66. The van der Waals surface area contributed by atoms with Gasteiger partial charge in [-0.3, -0.25) is 14.3 Å². The Morgan fingerprint density at radius 3 is 2.57 bits per heavy atom. The molecule has 1 aliphatic rings. The number of pyridine rings is 1. The summed E-state index contributed by atoms with van der Waals surface area (Å²) in [5, 5.41) is 12.2. The van der Waals surface area contributed by atoms with Crippen LogP contribution in [0, 0.1) is 0 Å². The van der Waals surface area contributed by atoms with E-state index in [0.717, 1.165) is 29.4 Å². The molecule has 3 rings (SSSR count). The van der Waals surface area contributed by atoms with Gasteiger partial charge < -0.3 is 5.32 Å². The van der Waals surface area contributed by atoms with Gasteiger partial charge in [0.15, 0.2) is 11.0 Å². The highest BCUT2D eigenvalue weighted by atomic mass is 32.2. The Morgan fingerprint density at radius 1 is 1.26 bits per heavy atom. The lowest BCUT2D eigenvalue weighted by Gasteiger charge is -2.15. The highest BCUT2D eigenvalue weighted by Gasteiger charge is 2.31. The maximum absolute atomic E-state index is 12.1. The topological polar surface area (TPSA) is 72.7 Å². The third-order valence-electron chi connectivity index (χ3n) is 3.60. The van der Waals surface area contributed by atoms with Gasteiger partial charge >= 0.3 is 0 Å². The number of amides is 1. The van der Waals surface area contributed by atoms with E-state index in [2.05, 4.69) is 25.1 Å². The molecule has 0 aliphatic heterocycles. The van der Waals surface area contributed by atoms with Crippen molar-refractivity contribution in [3.05, 3.63) is 24.5 Å². The maximum Gasteiger partial charge on any atom is 0.233 e. The summed E-state index contributed by atoms with van der Waals surface area (Å²) in [5.41, 5.74) is 1.01. The second-order valence-corrected chi connectivity index (χ2v) is 7.37. The Bertz CT molecular complexity index is 681. The quantitative estimate of drug-likeness (QED) is 0.824. The highest BCUT2D eigenvalue weighted by molar-refractivity contribution is 8.00. The number of thioether (sulfide) groups is 1. The molecule has 1 amide bonds. The van der Waals surface area contributed by atoms with Crippen LogP contribution in [0.3, 0.4) is 0 Å². The average Bonchev–Trinajstić information content (AvgIpc) is 3.28. The van der Waals surface area contributed by atoms with Crippen molar-refractivity contribution in [1.82, 2.24) is 25.1 Å². The summed E-state index contributed by atoms with van der Waals surface area (Å²) < 4.78 is 2.17. The van der Waals surface area contributed by atoms with Crippen LogP contribution in [0.1, 0.15) is 39.7 Å². The first-order valence-corrected chi connectivity index (χ1v) is 8.76. The molecule has 0 spiro atoms. The van der Waals surface area contributed by atoms with E-state index in [1.165, 1.54) is 11.8 Å². The second-order valence-electron chi connectivity index (χ2n) is 6.07. The monoisotopic (exact) mass is 331 g/mol. The van der Waals surface area contributed by atoms with Gasteiger partial charge in [-0.25, -0.2) is 0 Å². The van der Waals surface area contributed by atoms with E-state index in [9.17, 15) is 4.79 Å². The average molecular weight is 331 g/mol. The van der Waals surface area contributed by atoms with Gasteiger partial charge in [0.2, 0.25) is 5.91 Å². The number of nitrogens with one attached hydrogen (secondary N) is 1. The lowest BCUT2D eigenvalue weighted by atomic mass is 10.2. The van der Waals surface area contributed by atoms with E-state index in [1.54, 1.807) is 12.4 Å². The minimum Gasteiger partial charge on any atom is -0.353 e. The van der Waals surface area contributed by atoms with Gasteiger partial charge in [0, 0.05) is 30.0 Å². The zero-order valence-electron chi connectivity index (χ0n) is 13.6. The number of hydrogen-bond donors (Lipinski definition) is 1. The van der Waals surface area contributed by atoms with E-state index < -0.39 is 0 Å². The molecule has 7 heteroatoms. The van der Waals surface area contributed by atoms with Crippen LogP contribution in [0.5, 0.6) is 0 Å². The molecule has 6 nitrogen and oxygen atoms in total. The minimum absolute atomic E-state index is 0.0285. The molecule has 23 heavy (non-hydrogen) atoms. The fourth-order valence-electron chi connectivity index (χ4n) is 2.33. The molecule has 2 aromatic heterocycles. The summed E-state index contributed by atoms with van der Waals surface area (Å²) in [4.78, 5) is 16.2. The fraction of sp³-hybridized carbons (Fsp3) is 0.500. The third kappa shape index (κ3) is 3.72. The van der Waals surface area contributed by atoms with Crippen molar-refractivity contribution in [1.29, 1.82) is 0 Å². The largest absolute Gasteiger partial charge is 0.353 e. The van der Waals surface area contributed by atoms with Gasteiger partial charge in [-0.15, -0.1) is 10.2 Å². The van der Waals surface area contributed by atoms with Gasteiger partial charge in [-0.1, -0.05) is 11.8 Å². The first-order valence-electron chi connectivity index (χ1n) is 7.88. The van der Waals surface area contributed by atoms with Crippen molar-refractivity contribution in [2.24, 2.45) is 0 Å². The zero-order chi connectivity index (χ0) is 16.4. The molecule has 0 radical (unpaired) electrons. The molecule has 122 valence electrons. The van der Waals surface area contributed by atoms with Crippen LogP contribution in [0.2, 0.25) is 0 Å². The van der Waals surface area contributed by atoms with E-state index in [4.69, 9.17) is 0 Å². The standard InChI is InChI=1S/C16H21N5OS/c1-10(2)18-15(22)11(3)23-16-20-19-14(21(16)13-4-5-13)12-6-8-17-9-7-12/h6-11,13H,4-5H2,1-3H3,(H,18,22)/t11-/m0/s1. The van der Waals surface area contributed by atoms with Crippen LogP contribution in [0.15, 0.2) is 29.7 Å². The lowest BCUT2D eigenvalue weighted by molar-refractivity contribution is -0.120. The summed E-state index contributed by atoms with van der Waals surface area (Å²) in [7, 11) is 0. The summed E-state index contributed by atoms with van der Waals surface area (Å²) >= 11 is 1.47.